The number of alkyl halides is 4. The van der Waals surface area contributed by atoms with Crippen LogP contribution in [0.25, 0.3) is 0 Å². The lowest BCUT2D eigenvalue weighted by molar-refractivity contribution is -0.150. The fraction of sp³-hybridized carbons (Fsp3) is 0.429. The number of carboxylic acid groups (broad SMARTS) is 1. The number of benzene rings is 1. The minimum absolute atomic E-state index is 0.0512. The molecule has 23 heavy (non-hydrogen) atoms. The number of nitrogens with zero attached hydrogens (tertiary/aromatic N) is 1. The molecule has 9 heteroatoms. The summed E-state index contributed by atoms with van der Waals surface area (Å²) in [5.41, 5.74) is -3.32. The standard InChI is InChI=1S/C14H13F4NO4/c15-13(12(21)22)5-6-19(8-13)11(20)7-23-10-3-1-9(2-4-10)14(16,17)18/h1-4H,5-8H2,(H,21,22). The summed E-state index contributed by atoms with van der Waals surface area (Å²) in [6.07, 6.45) is -4.78. The van der Waals surface area contributed by atoms with Crippen molar-refractivity contribution in [2.45, 2.75) is 18.3 Å². The lowest BCUT2D eigenvalue weighted by Gasteiger charge is -2.18. The minimum Gasteiger partial charge on any atom is -0.484 e. The van der Waals surface area contributed by atoms with Crippen LogP contribution in [0.4, 0.5) is 17.6 Å². The van der Waals surface area contributed by atoms with E-state index in [9.17, 15) is 27.2 Å². The van der Waals surface area contributed by atoms with E-state index in [1.54, 1.807) is 0 Å². The van der Waals surface area contributed by atoms with Gasteiger partial charge in [0.2, 0.25) is 5.67 Å². The van der Waals surface area contributed by atoms with Gasteiger partial charge in [0.15, 0.2) is 6.61 Å². The van der Waals surface area contributed by atoms with Gasteiger partial charge < -0.3 is 14.7 Å². The molecule has 1 unspecified atom stereocenters. The number of hydrogen-bond acceptors (Lipinski definition) is 3. The molecule has 1 amide bonds. The van der Waals surface area contributed by atoms with E-state index in [0.717, 1.165) is 29.2 Å². The molecule has 1 heterocycles. The summed E-state index contributed by atoms with van der Waals surface area (Å²) in [7, 11) is 0. The average Bonchev–Trinajstić information content (AvgIpc) is 2.88. The smallest absolute Gasteiger partial charge is 0.416 e. The SMILES string of the molecule is O=C(COc1ccc(C(F)(F)F)cc1)N1CCC(F)(C(=O)O)C1. The van der Waals surface area contributed by atoms with Crippen molar-refractivity contribution in [2.24, 2.45) is 0 Å². The van der Waals surface area contributed by atoms with Gasteiger partial charge in [0.05, 0.1) is 12.1 Å². The zero-order valence-corrected chi connectivity index (χ0v) is 11.8. The number of likely N-dealkylation sites (tertiary alicyclic amines) is 1. The molecule has 1 aliphatic rings. The van der Waals surface area contributed by atoms with Crippen LogP contribution in [0.3, 0.4) is 0 Å². The average molecular weight is 335 g/mol. The number of aliphatic carboxylic acids is 1. The van der Waals surface area contributed by atoms with E-state index < -0.39 is 42.4 Å². The van der Waals surface area contributed by atoms with Crippen LogP contribution >= 0.6 is 0 Å². The van der Waals surface area contributed by atoms with Crippen LogP contribution < -0.4 is 4.74 Å². The summed E-state index contributed by atoms with van der Waals surface area (Å²) in [5.74, 6) is -2.21. The summed E-state index contributed by atoms with van der Waals surface area (Å²) in [5, 5.41) is 8.74. The number of carbonyl (C=O) groups excluding carboxylic acids is 1. The molecular weight excluding hydrogens is 322 g/mol. The van der Waals surface area contributed by atoms with Gasteiger partial charge in [0, 0.05) is 13.0 Å². The first-order valence-corrected chi connectivity index (χ1v) is 6.62. The zero-order chi connectivity index (χ0) is 17.3. The molecule has 1 aromatic rings. The Balaban J connectivity index is 1.89. The highest BCUT2D eigenvalue weighted by Gasteiger charge is 2.46. The van der Waals surface area contributed by atoms with E-state index in [4.69, 9.17) is 9.84 Å². The van der Waals surface area contributed by atoms with Crippen LogP contribution in [-0.4, -0.2) is 47.2 Å². The van der Waals surface area contributed by atoms with Crippen molar-refractivity contribution in [2.75, 3.05) is 19.7 Å². The number of ether oxygens (including phenoxy) is 1. The quantitative estimate of drug-likeness (QED) is 0.856. The van der Waals surface area contributed by atoms with E-state index in [0.29, 0.717) is 0 Å². The van der Waals surface area contributed by atoms with E-state index in [-0.39, 0.29) is 18.7 Å². The van der Waals surface area contributed by atoms with Crippen molar-refractivity contribution in [1.82, 2.24) is 4.90 Å². The van der Waals surface area contributed by atoms with Crippen LogP contribution in [0, 0.1) is 0 Å². The highest BCUT2D eigenvalue weighted by Crippen LogP contribution is 2.30. The second-order valence-electron chi connectivity index (χ2n) is 5.15. The summed E-state index contributed by atoms with van der Waals surface area (Å²) >= 11 is 0. The predicted octanol–water partition coefficient (Wildman–Crippen LogP) is 2.11. The van der Waals surface area contributed by atoms with Gasteiger partial charge in [-0.15, -0.1) is 0 Å². The Morgan fingerprint density at radius 2 is 1.87 bits per heavy atom. The molecule has 1 N–H and O–H groups in total. The van der Waals surface area contributed by atoms with Crippen LogP contribution in [0.1, 0.15) is 12.0 Å². The van der Waals surface area contributed by atoms with Crippen molar-refractivity contribution in [1.29, 1.82) is 0 Å². The third-order valence-corrected chi connectivity index (χ3v) is 3.50. The Morgan fingerprint density at radius 1 is 1.26 bits per heavy atom. The predicted molar refractivity (Wildman–Crippen MR) is 69.6 cm³/mol. The molecule has 0 spiro atoms. The van der Waals surface area contributed by atoms with Gasteiger partial charge in [0.25, 0.3) is 5.91 Å². The molecule has 0 aliphatic carbocycles. The molecule has 5 nitrogen and oxygen atoms in total. The number of rotatable bonds is 4. The number of carboxylic acids is 1. The number of carbonyl (C=O) groups is 2. The molecule has 1 aromatic carbocycles. The van der Waals surface area contributed by atoms with Crippen molar-refractivity contribution in [3.8, 4) is 5.75 Å². The molecule has 0 bridgehead atoms. The lowest BCUT2D eigenvalue weighted by Crippen LogP contribution is -2.40. The first-order valence-electron chi connectivity index (χ1n) is 6.62. The Hall–Kier alpha value is -2.32. The van der Waals surface area contributed by atoms with E-state index in [1.165, 1.54) is 0 Å². The lowest BCUT2D eigenvalue weighted by atomic mass is 10.1. The topological polar surface area (TPSA) is 66.8 Å². The third-order valence-electron chi connectivity index (χ3n) is 3.50. The first kappa shape index (κ1) is 17.0. The second-order valence-corrected chi connectivity index (χ2v) is 5.15. The van der Waals surface area contributed by atoms with Gasteiger partial charge in [-0.2, -0.15) is 13.2 Å². The maximum Gasteiger partial charge on any atom is 0.416 e. The molecule has 126 valence electrons. The van der Waals surface area contributed by atoms with Crippen LogP contribution in [0.15, 0.2) is 24.3 Å². The molecule has 0 aromatic heterocycles. The molecule has 1 fully saturated rings. The minimum atomic E-state index is -4.47. The summed E-state index contributed by atoms with van der Waals surface area (Å²) in [6.45, 7) is -1.14. The van der Waals surface area contributed by atoms with Crippen molar-refractivity contribution in [3.63, 3.8) is 0 Å². The molecule has 1 saturated heterocycles. The molecule has 0 saturated carbocycles. The second kappa shape index (κ2) is 6.05. The monoisotopic (exact) mass is 335 g/mol. The van der Waals surface area contributed by atoms with Gasteiger partial charge in [-0.1, -0.05) is 0 Å². The van der Waals surface area contributed by atoms with E-state index >= 15 is 0 Å². The van der Waals surface area contributed by atoms with E-state index in [1.807, 2.05) is 0 Å². The van der Waals surface area contributed by atoms with Gasteiger partial charge in [-0.05, 0) is 24.3 Å². The van der Waals surface area contributed by atoms with Gasteiger partial charge in [-0.25, -0.2) is 9.18 Å². The maximum absolute atomic E-state index is 13.8. The Bertz CT molecular complexity index is 602. The number of hydrogen-bond donors (Lipinski definition) is 1. The molecular formula is C14H13F4NO4. The highest BCUT2D eigenvalue weighted by atomic mass is 19.4. The highest BCUT2D eigenvalue weighted by molar-refractivity contribution is 5.83. The zero-order valence-electron chi connectivity index (χ0n) is 11.8. The Kier molecular flexibility index (Phi) is 4.49. The van der Waals surface area contributed by atoms with Gasteiger partial charge in [0.1, 0.15) is 5.75 Å². The number of amides is 1. The van der Waals surface area contributed by atoms with Crippen LogP contribution in [0.2, 0.25) is 0 Å². The van der Waals surface area contributed by atoms with Crippen molar-refractivity contribution < 1.29 is 37.0 Å². The van der Waals surface area contributed by atoms with E-state index in [2.05, 4.69) is 0 Å². The largest absolute Gasteiger partial charge is 0.484 e. The fourth-order valence-corrected chi connectivity index (χ4v) is 2.14. The molecule has 1 aliphatic heterocycles. The summed E-state index contributed by atoms with van der Waals surface area (Å²) in [6, 6.07) is 3.76. The number of halogens is 4. The molecule has 1 atom stereocenters. The first-order chi connectivity index (χ1) is 10.6. The summed E-state index contributed by atoms with van der Waals surface area (Å²) in [4.78, 5) is 23.6. The third kappa shape index (κ3) is 3.91. The summed E-state index contributed by atoms with van der Waals surface area (Å²) < 4.78 is 56.0. The molecule has 0 radical (unpaired) electrons. The van der Waals surface area contributed by atoms with Crippen LogP contribution in [0.5, 0.6) is 5.75 Å². The molecule has 2 rings (SSSR count). The van der Waals surface area contributed by atoms with Gasteiger partial charge in [-0.3, -0.25) is 4.79 Å². The van der Waals surface area contributed by atoms with Crippen LogP contribution in [-0.2, 0) is 15.8 Å². The van der Waals surface area contributed by atoms with Crippen molar-refractivity contribution >= 4 is 11.9 Å². The van der Waals surface area contributed by atoms with Gasteiger partial charge >= 0.3 is 12.1 Å². The fourth-order valence-electron chi connectivity index (χ4n) is 2.14. The Labute approximate surface area is 128 Å². The Morgan fingerprint density at radius 3 is 2.35 bits per heavy atom. The maximum atomic E-state index is 13.8. The normalized spacial score (nSPS) is 21.3. The van der Waals surface area contributed by atoms with Crippen molar-refractivity contribution in [3.05, 3.63) is 29.8 Å².